The molecule has 1 heterocycles. The Bertz CT molecular complexity index is 582. The normalized spacial score (nSPS) is 15.9. The molecule has 0 N–H and O–H groups in total. The highest BCUT2D eigenvalue weighted by atomic mass is 31.1. The lowest BCUT2D eigenvalue weighted by molar-refractivity contribution is 1.29. The molecule has 0 spiro atoms. The van der Waals surface area contributed by atoms with Gasteiger partial charge in [0.2, 0.25) is 0 Å². The highest BCUT2D eigenvalue weighted by Gasteiger charge is 2.24. The van der Waals surface area contributed by atoms with Gasteiger partial charge in [-0.1, -0.05) is 37.3 Å². The van der Waals surface area contributed by atoms with E-state index in [4.69, 9.17) is 0 Å². The highest BCUT2D eigenvalue weighted by Crippen LogP contribution is 2.48. The molecule has 0 aliphatic heterocycles. The molecule has 0 bridgehead atoms. The fourth-order valence-electron chi connectivity index (χ4n) is 2.68. The Hall–Kier alpha value is -1.26. The van der Waals surface area contributed by atoms with E-state index in [-0.39, 0.29) is 7.53 Å². The third-order valence-electron chi connectivity index (χ3n) is 3.60. The summed E-state index contributed by atoms with van der Waals surface area (Å²) in [5.41, 5.74) is 5.67. The fraction of sp³-hybridized carbons (Fsp3) is 0.188. The lowest BCUT2D eigenvalue weighted by Gasteiger charge is -2.12. The molecule has 1 radical (unpaired) electrons. The first-order valence-corrected chi connectivity index (χ1v) is 7.81. The van der Waals surface area contributed by atoms with Crippen LogP contribution in [0.15, 0.2) is 36.1 Å². The van der Waals surface area contributed by atoms with E-state index in [2.05, 4.69) is 62.7 Å². The summed E-state index contributed by atoms with van der Waals surface area (Å²) in [7, 11) is -0.0981. The van der Waals surface area contributed by atoms with Crippen molar-refractivity contribution in [2.24, 2.45) is 6.66 Å². The summed E-state index contributed by atoms with van der Waals surface area (Å²) in [5, 5.41) is 1.56. The molecule has 1 unspecified atom stereocenters. The molecule has 1 aliphatic carbocycles. The molecular weight excluding hydrogens is 223 g/mol. The van der Waals surface area contributed by atoms with Crippen LogP contribution in [0.3, 0.4) is 0 Å². The quantitative estimate of drug-likeness (QED) is 0.655. The first kappa shape index (κ1) is 10.9. The predicted molar refractivity (Wildman–Crippen MR) is 77.2 cm³/mol. The SMILES string of the molecule is C[C]1C(c2c(C)ccp2C)=Cc2ccccc21. The summed E-state index contributed by atoms with van der Waals surface area (Å²) in [6.45, 7) is 6.82. The van der Waals surface area contributed by atoms with E-state index in [0.717, 1.165) is 0 Å². The number of fused-ring (bicyclic) bond motifs is 1. The van der Waals surface area contributed by atoms with Gasteiger partial charge in [-0.3, -0.25) is 0 Å². The lowest BCUT2D eigenvalue weighted by atomic mass is 9.96. The topological polar surface area (TPSA) is 0 Å². The zero-order valence-electron chi connectivity index (χ0n) is 10.5. The van der Waals surface area contributed by atoms with Crippen LogP contribution in [0.4, 0.5) is 0 Å². The first-order valence-electron chi connectivity index (χ1n) is 5.96. The van der Waals surface area contributed by atoms with Crippen LogP contribution in [0.2, 0.25) is 0 Å². The number of hydrogen-bond donors (Lipinski definition) is 0. The Morgan fingerprint density at radius 2 is 1.76 bits per heavy atom. The largest absolute Gasteiger partial charge is 0.120 e. The van der Waals surface area contributed by atoms with Gasteiger partial charge in [-0.25, -0.2) is 0 Å². The van der Waals surface area contributed by atoms with Crippen LogP contribution in [0.1, 0.15) is 28.9 Å². The van der Waals surface area contributed by atoms with Crippen molar-refractivity contribution in [3.8, 4) is 0 Å². The summed E-state index contributed by atoms with van der Waals surface area (Å²) in [5.74, 6) is 3.80. The third-order valence-corrected chi connectivity index (χ3v) is 5.49. The minimum absolute atomic E-state index is 0.0981. The summed E-state index contributed by atoms with van der Waals surface area (Å²) in [6, 6.07) is 11.0. The first-order chi connectivity index (χ1) is 8.18. The van der Waals surface area contributed by atoms with Crippen molar-refractivity contribution >= 4 is 19.2 Å². The van der Waals surface area contributed by atoms with Gasteiger partial charge in [0.25, 0.3) is 0 Å². The van der Waals surface area contributed by atoms with Gasteiger partial charge in [0.1, 0.15) is 0 Å². The highest BCUT2D eigenvalue weighted by molar-refractivity contribution is 7.48. The van der Waals surface area contributed by atoms with Crippen molar-refractivity contribution in [3.63, 3.8) is 0 Å². The smallest absolute Gasteiger partial charge is 0.0325 e. The fourth-order valence-corrected chi connectivity index (χ4v) is 4.52. The number of benzene rings is 1. The van der Waals surface area contributed by atoms with Crippen molar-refractivity contribution in [2.45, 2.75) is 13.8 Å². The van der Waals surface area contributed by atoms with Crippen molar-refractivity contribution < 1.29 is 0 Å². The number of hydrogen-bond acceptors (Lipinski definition) is 0. The van der Waals surface area contributed by atoms with Crippen LogP contribution in [0.25, 0.3) is 11.6 Å². The Balaban J connectivity index is 2.15. The molecule has 1 aliphatic rings. The van der Waals surface area contributed by atoms with Crippen molar-refractivity contribution in [1.82, 2.24) is 0 Å². The number of aryl methyl sites for hydroxylation is 2. The molecule has 17 heavy (non-hydrogen) atoms. The molecule has 3 rings (SSSR count). The van der Waals surface area contributed by atoms with Gasteiger partial charge in [0, 0.05) is 11.2 Å². The van der Waals surface area contributed by atoms with Crippen molar-refractivity contribution in [3.05, 3.63) is 64.0 Å². The monoisotopic (exact) mass is 239 g/mol. The van der Waals surface area contributed by atoms with E-state index in [0.29, 0.717) is 0 Å². The van der Waals surface area contributed by atoms with E-state index in [9.17, 15) is 0 Å². The summed E-state index contributed by atoms with van der Waals surface area (Å²) in [6.07, 6.45) is 2.36. The maximum Gasteiger partial charge on any atom is 0.0325 e. The zero-order valence-corrected chi connectivity index (χ0v) is 11.4. The molecule has 1 heteroatoms. The van der Waals surface area contributed by atoms with Gasteiger partial charge in [0.15, 0.2) is 0 Å². The second kappa shape index (κ2) is 3.89. The maximum absolute atomic E-state index is 2.36. The van der Waals surface area contributed by atoms with Gasteiger partial charge in [0.05, 0.1) is 0 Å². The molecule has 85 valence electrons. The standard InChI is InChI=1S/C16H16P/c1-11-8-9-17(3)16(11)15-10-13-6-4-5-7-14(13)12(15)2/h4-10H,1-3H3. The molecule has 1 aromatic heterocycles. The maximum atomic E-state index is 2.36. The molecule has 1 aromatic carbocycles. The second-order valence-corrected chi connectivity index (χ2v) is 6.70. The van der Waals surface area contributed by atoms with Crippen LogP contribution in [0.5, 0.6) is 0 Å². The third kappa shape index (κ3) is 1.59. The Kier molecular flexibility index (Phi) is 2.49. The van der Waals surface area contributed by atoms with Crippen LogP contribution >= 0.6 is 7.53 Å². The van der Waals surface area contributed by atoms with Gasteiger partial charge in [-0.2, -0.15) is 0 Å². The van der Waals surface area contributed by atoms with E-state index >= 15 is 0 Å². The Labute approximate surface area is 104 Å². The Morgan fingerprint density at radius 1 is 1.00 bits per heavy atom. The van der Waals surface area contributed by atoms with Crippen molar-refractivity contribution in [2.75, 3.05) is 0 Å². The molecule has 1 atom stereocenters. The number of allylic oxidation sites excluding steroid dienone is 1. The van der Waals surface area contributed by atoms with Gasteiger partial charge in [-0.05, 0) is 47.7 Å². The average Bonchev–Trinajstić information content (AvgIpc) is 2.82. The van der Waals surface area contributed by atoms with Crippen LogP contribution in [-0.2, 0) is 6.66 Å². The minimum Gasteiger partial charge on any atom is -0.120 e. The molecule has 0 amide bonds. The molecule has 2 aromatic rings. The lowest BCUT2D eigenvalue weighted by Crippen LogP contribution is -1.93. The second-order valence-electron chi connectivity index (χ2n) is 4.73. The van der Waals surface area contributed by atoms with E-state index in [1.54, 1.807) is 5.30 Å². The summed E-state index contributed by atoms with van der Waals surface area (Å²) in [4.78, 5) is 0. The zero-order chi connectivity index (χ0) is 12.0. The van der Waals surface area contributed by atoms with E-state index < -0.39 is 0 Å². The minimum atomic E-state index is -0.0981. The van der Waals surface area contributed by atoms with Gasteiger partial charge in [-0.15, -0.1) is 7.53 Å². The van der Waals surface area contributed by atoms with Gasteiger partial charge < -0.3 is 0 Å². The van der Waals surface area contributed by atoms with Crippen LogP contribution < -0.4 is 0 Å². The predicted octanol–water partition coefficient (Wildman–Crippen LogP) is 5.02. The molecule has 0 fully saturated rings. The molecule has 0 nitrogen and oxygen atoms in total. The van der Waals surface area contributed by atoms with Gasteiger partial charge >= 0.3 is 0 Å². The molecular formula is C16H16P. The summed E-state index contributed by atoms with van der Waals surface area (Å²) < 4.78 is 0. The summed E-state index contributed by atoms with van der Waals surface area (Å²) >= 11 is 0. The number of rotatable bonds is 1. The van der Waals surface area contributed by atoms with Crippen molar-refractivity contribution in [1.29, 1.82) is 0 Å². The average molecular weight is 239 g/mol. The Morgan fingerprint density at radius 3 is 2.41 bits per heavy atom. The van der Waals surface area contributed by atoms with Crippen LogP contribution in [-0.4, -0.2) is 0 Å². The molecule has 0 saturated carbocycles. The van der Waals surface area contributed by atoms with E-state index in [1.165, 1.54) is 28.2 Å². The molecule has 0 saturated heterocycles. The van der Waals surface area contributed by atoms with E-state index in [1.807, 2.05) is 0 Å². The van der Waals surface area contributed by atoms with Crippen LogP contribution in [0, 0.1) is 12.8 Å².